The van der Waals surface area contributed by atoms with E-state index in [0.717, 1.165) is 41.3 Å². The van der Waals surface area contributed by atoms with Gasteiger partial charge in [-0.2, -0.15) is 13.2 Å². The first-order valence-corrected chi connectivity index (χ1v) is 11.1. The number of imidazole rings is 2. The number of alkyl halides is 3. The SMILES string of the molecule is CCN(CCC1CC1)Cc1c(C(F)(F)F)nc2n(-c3c(C)cc(C)cc3C)c(Cl)cn12. The fraction of sp³-hybridized carbons (Fsp3) is 0.522. The molecule has 0 saturated heterocycles. The van der Waals surface area contributed by atoms with Crippen LogP contribution in [0.5, 0.6) is 0 Å². The number of halogens is 4. The molecule has 31 heavy (non-hydrogen) atoms. The third-order valence-electron chi connectivity index (χ3n) is 6.14. The summed E-state index contributed by atoms with van der Waals surface area (Å²) in [6, 6.07) is 4.00. The second kappa shape index (κ2) is 8.17. The van der Waals surface area contributed by atoms with Crippen LogP contribution in [-0.4, -0.2) is 31.9 Å². The standard InChI is InChI=1S/C23H28ClF3N4/c1-5-29(9-8-17-6-7-17)12-18-21(23(25,26)27)28-22-30(18)13-19(24)31(22)20-15(3)10-14(2)11-16(20)4/h10-11,13,17H,5-9,12H2,1-4H3. The van der Waals surface area contributed by atoms with Crippen LogP contribution in [0.2, 0.25) is 5.15 Å². The Kier molecular flexibility index (Phi) is 5.85. The number of fused-ring (bicyclic) bond motifs is 1. The number of aryl methyl sites for hydroxylation is 3. The van der Waals surface area contributed by atoms with Crippen LogP contribution in [0, 0.1) is 26.7 Å². The lowest BCUT2D eigenvalue weighted by Gasteiger charge is -2.20. The maximum absolute atomic E-state index is 14.0. The molecule has 1 aromatic carbocycles. The molecule has 168 valence electrons. The van der Waals surface area contributed by atoms with E-state index in [2.05, 4.69) is 9.88 Å². The Hall–Kier alpha value is -1.99. The van der Waals surface area contributed by atoms with E-state index in [-0.39, 0.29) is 18.0 Å². The average Bonchev–Trinajstić information content (AvgIpc) is 3.35. The van der Waals surface area contributed by atoms with Gasteiger partial charge >= 0.3 is 6.18 Å². The van der Waals surface area contributed by atoms with Gasteiger partial charge in [0.2, 0.25) is 5.78 Å². The number of benzene rings is 1. The molecule has 0 spiro atoms. The fourth-order valence-electron chi connectivity index (χ4n) is 4.45. The highest BCUT2D eigenvalue weighted by Crippen LogP contribution is 2.36. The summed E-state index contributed by atoms with van der Waals surface area (Å²) in [7, 11) is 0. The minimum Gasteiger partial charge on any atom is -0.298 e. The molecule has 1 saturated carbocycles. The number of nitrogens with zero attached hydrogens (tertiary/aromatic N) is 4. The molecule has 8 heteroatoms. The predicted molar refractivity (Wildman–Crippen MR) is 117 cm³/mol. The molecule has 3 aromatic rings. The van der Waals surface area contributed by atoms with Crippen LogP contribution in [0.4, 0.5) is 13.2 Å². The molecule has 1 fully saturated rings. The number of aromatic nitrogens is 3. The predicted octanol–water partition coefficient (Wildman–Crippen LogP) is 6.34. The average molecular weight is 453 g/mol. The first kappa shape index (κ1) is 22.2. The Morgan fingerprint density at radius 1 is 1.16 bits per heavy atom. The summed E-state index contributed by atoms with van der Waals surface area (Å²) in [6.07, 6.45) is 0.514. The van der Waals surface area contributed by atoms with E-state index in [1.54, 1.807) is 10.8 Å². The summed E-state index contributed by atoms with van der Waals surface area (Å²) in [6.45, 7) is 9.51. The van der Waals surface area contributed by atoms with Crippen molar-refractivity contribution in [2.75, 3.05) is 13.1 Å². The Balaban J connectivity index is 1.84. The van der Waals surface area contributed by atoms with Crippen LogP contribution in [0.3, 0.4) is 0 Å². The zero-order valence-electron chi connectivity index (χ0n) is 18.4. The summed E-state index contributed by atoms with van der Waals surface area (Å²) in [5.74, 6) is 0.922. The summed E-state index contributed by atoms with van der Waals surface area (Å²) in [4.78, 5) is 6.13. The van der Waals surface area contributed by atoms with E-state index in [4.69, 9.17) is 11.6 Å². The monoisotopic (exact) mass is 452 g/mol. The van der Waals surface area contributed by atoms with Gasteiger partial charge in [-0.25, -0.2) is 4.98 Å². The molecule has 1 aliphatic carbocycles. The molecule has 4 nitrogen and oxygen atoms in total. The van der Waals surface area contributed by atoms with Crippen molar-refractivity contribution in [1.82, 2.24) is 18.9 Å². The number of hydrogen-bond acceptors (Lipinski definition) is 2. The smallest absolute Gasteiger partial charge is 0.298 e. The third-order valence-corrected chi connectivity index (χ3v) is 6.41. The van der Waals surface area contributed by atoms with Gasteiger partial charge in [0, 0.05) is 12.7 Å². The van der Waals surface area contributed by atoms with Gasteiger partial charge in [-0.05, 0) is 57.3 Å². The van der Waals surface area contributed by atoms with E-state index in [9.17, 15) is 13.2 Å². The Morgan fingerprint density at radius 3 is 2.35 bits per heavy atom. The Morgan fingerprint density at radius 2 is 1.81 bits per heavy atom. The minimum absolute atomic E-state index is 0.142. The lowest BCUT2D eigenvalue weighted by Crippen LogP contribution is -2.26. The molecular formula is C23H28ClF3N4. The number of hydrogen-bond donors (Lipinski definition) is 0. The normalized spacial score (nSPS) is 14.9. The van der Waals surface area contributed by atoms with E-state index >= 15 is 0 Å². The highest BCUT2D eigenvalue weighted by atomic mass is 35.5. The quantitative estimate of drug-likeness (QED) is 0.417. The topological polar surface area (TPSA) is 25.5 Å². The van der Waals surface area contributed by atoms with Crippen LogP contribution < -0.4 is 0 Å². The summed E-state index contributed by atoms with van der Waals surface area (Å²) < 4.78 is 45.0. The molecule has 1 aliphatic rings. The summed E-state index contributed by atoms with van der Waals surface area (Å²) >= 11 is 6.55. The van der Waals surface area contributed by atoms with Gasteiger partial charge in [-0.3, -0.25) is 13.9 Å². The van der Waals surface area contributed by atoms with Crippen LogP contribution in [-0.2, 0) is 12.7 Å². The molecule has 0 bridgehead atoms. The second-order valence-electron chi connectivity index (χ2n) is 8.71. The molecule has 2 heterocycles. The molecule has 0 unspecified atom stereocenters. The maximum atomic E-state index is 14.0. The van der Waals surface area contributed by atoms with Gasteiger partial charge < -0.3 is 0 Å². The van der Waals surface area contributed by atoms with Crippen molar-refractivity contribution < 1.29 is 13.2 Å². The van der Waals surface area contributed by atoms with E-state index in [0.29, 0.717) is 11.7 Å². The van der Waals surface area contributed by atoms with Crippen molar-refractivity contribution in [3.8, 4) is 5.69 Å². The maximum Gasteiger partial charge on any atom is 0.435 e. The largest absolute Gasteiger partial charge is 0.435 e. The molecular weight excluding hydrogens is 425 g/mol. The summed E-state index contributed by atoms with van der Waals surface area (Å²) in [5.41, 5.74) is 3.05. The van der Waals surface area contributed by atoms with Crippen LogP contribution in [0.15, 0.2) is 18.3 Å². The van der Waals surface area contributed by atoms with E-state index in [1.807, 2.05) is 39.8 Å². The van der Waals surface area contributed by atoms with Crippen molar-refractivity contribution in [3.63, 3.8) is 0 Å². The van der Waals surface area contributed by atoms with Gasteiger partial charge in [-0.15, -0.1) is 0 Å². The van der Waals surface area contributed by atoms with Gasteiger partial charge in [0.15, 0.2) is 5.69 Å². The van der Waals surface area contributed by atoms with Crippen molar-refractivity contribution in [1.29, 1.82) is 0 Å². The minimum atomic E-state index is -4.54. The molecule has 0 atom stereocenters. The molecule has 0 amide bonds. The molecule has 0 N–H and O–H groups in total. The zero-order valence-corrected chi connectivity index (χ0v) is 19.1. The molecule has 0 radical (unpaired) electrons. The molecule has 2 aromatic heterocycles. The van der Waals surface area contributed by atoms with E-state index in [1.165, 1.54) is 17.2 Å². The van der Waals surface area contributed by atoms with Crippen LogP contribution in [0.1, 0.15) is 54.3 Å². The third kappa shape index (κ3) is 4.35. The van der Waals surface area contributed by atoms with Crippen LogP contribution in [0.25, 0.3) is 11.5 Å². The highest BCUT2D eigenvalue weighted by Gasteiger charge is 2.39. The first-order valence-electron chi connectivity index (χ1n) is 10.8. The molecule has 0 aliphatic heterocycles. The molecule has 4 rings (SSSR count). The van der Waals surface area contributed by atoms with Crippen molar-refractivity contribution in [2.24, 2.45) is 5.92 Å². The van der Waals surface area contributed by atoms with E-state index < -0.39 is 11.9 Å². The highest BCUT2D eigenvalue weighted by molar-refractivity contribution is 6.30. The van der Waals surface area contributed by atoms with Gasteiger partial charge in [0.05, 0.1) is 11.4 Å². The Bertz CT molecular complexity index is 1090. The lowest BCUT2D eigenvalue weighted by atomic mass is 10.1. The zero-order chi connectivity index (χ0) is 22.5. The van der Waals surface area contributed by atoms with Crippen LogP contribution >= 0.6 is 11.6 Å². The van der Waals surface area contributed by atoms with Crippen molar-refractivity contribution >= 4 is 17.4 Å². The first-order chi connectivity index (χ1) is 14.6. The van der Waals surface area contributed by atoms with Crippen molar-refractivity contribution in [2.45, 2.75) is 59.7 Å². The number of rotatable bonds is 7. The summed E-state index contributed by atoms with van der Waals surface area (Å²) in [5, 5.41) is 0.341. The Labute approximate surface area is 185 Å². The van der Waals surface area contributed by atoms with Gasteiger partial charge in [0.1, 0.15) is 5.15 Å². The van der Waals surface area contributed by atoms with Gasteiger partial charge in [0.25, 0.3) is 0 Å². The van der Waals surface area contributed by atoms with Gasteiger partial charge in [-0.1, -0.05) is 49.1 Å². The fourth-order valence-corrected chi connectivity index (χ4v) is 4.71. The lowest BCUT2D eigenvalue weighted by molar-refractivity contribution is -0.141. The second-order valence-corrected chi connectivity index (χ2v) is 9.10. The van der Waals surface area contributed by atoms with Crippen molar-refractivity contribution in [3.05, 3.63) is 51.6 Å².